The molecule has 0 saturated carbocycles. The zero-order valence-electron chi connectivity index (χ0n) is 11.9. The highest BCUT2D eigenvalue weighted by molar-refractivity contribution is 5.92. The lowest BCUT2D eigenvalue weighted by Crippen LogP contribution is -2.31. The summed E-state index contributed by atoms with van der Waals surface area (Å²) >= 11 is 0. The minimum Gasteiger partial charge on any atom is -0.436 e. The van der Waals surface area contributed by atoms with Gasteiger partial charge < -0.3 is 9.73 Å². The Kier molecular flexibility index (Phi) is 3.08. The molecular formula is C14H18N4O2. The maximum Gasteiger partial charge on any atom is 0.289 e. The Bertz CT molecular complexity index is 656. The molecule has 0 radical (unpaired) electrons. The Balaban J connectivity index is 1.82. The van der Waals surface area contributed by atoms with E-state index in [2.05, 4.69) is 15.4 Å². The number of hydrogen-bond donors (Lipinski definition) is 1. The van der Waals surface area contributed by atoms with Crippen LogP contribution >= 0.6 is 0 Å². The first-order valence-electron chi connectivity index (χ1n) is 6.82. The van der Waals surface area contributed by atoms with Gasteiger partial charge in [-0.05, 0) is 26.2 Å². The Morgan fingerprint density at radius 1 is 1.50 bits per heavy atom. The summed E-state index contributed by atoms with van der Waals surface area (Å²) in [6.45, 7) is 3.52. The van der Waals surface area contributed by atoms with Crippen molar-refractivity contribution in [3.8, 4) is 0 Å². The Hall–Kier alpha value is -2.11. The Labute approximate surface area is 117 Å². The highest BCUT2D eigenvalue weighted by Crippen LogP contribution is 2.29. The molecule has 1 N–H and O–H groups in total. The van der Waals surface area contributed by atoms with Crippen molar-refractivity contribution in [3.63, 3.8) is 0 Å². The maximum absolute atomic E-state index is 12.3. The van der Waals surface area contributed by atoms with Crippen LogP contribution < -0.4 is 5.32 Å². The van der Waals surface area contributed by atoms with Crippen LogP contribution in [0.2, 0.25) is 0 Å². The van der Waals surface area contributed by atoms with E-state index < -0.39 is 0 Å². The molecular weight excluding hydrogens is 256 g/mol. The fourth-order valence-electron chi connectivity index (χ4n) is 2.82. The molecule has 1 aliphatic rings. The van der Waals surface area contributed by atoms with Gasteiger partial charge in [-0.3, -0.25) is 9.48 Å². The van der Waals surface area contributed by atoms with Crippen molar-refractivity contribution in [2.45, 2.75) is 39.2 Å². The molecule has 20 heavy (non-hydrogen) atoms. The minimum absolute atomic E-state index is 0.00440. The fourth-order valence-corrected chi connectivity index (χ4v) is 2.82. The molecule has 0 spiro atoms. The van der Waals surface area contributed by atoms with Gasteiger partial charge in [-0.2, -0.15) is 5.10 Å². The topological polar surface area (TPSA) is 73.0 Å². The normalized spacial score (nSPS) is 17.9. The summed E-state index contributed by atoms with van der Waals surface area (Å²) in [5, 5.41) is 7.31. The first kappa shape index (κ1) is 12.9. The van der Waals surface area contributed by atoms with E-state index >= 15 is 0 Å². The molecule has 1 amide bonds. The molecule has 3 rings (SSSR count). The average molecular weight is 274 g/mol. The van der Waals surface area contributed by atoms with Crippen molar-refractivity contribution in [2.24, 2.45) is 7.05 Å². The smallest absolute Gasteiger partial charge is 0.289 e. The molecule has 0 aromatic carbocycles. The average Bonchev–Trinajstić information content (AvgIpc) is 2.94. The SMILES string of the molecule is Cc1nc(C)c(C(=O)N[C@@H]2CCCc3c2cnn3C)o1. The molecule has 6 nitrogen and oxygen atoms in total. The van der Waals surface area contributed by atoms with E-state index in [-0.39, 0.29) is 11.9 Å². The van der Waals surface area contributed by atoms with Crippen LogP contribution in [0.4, 0.5) is 0 Å². The molecule has 106 valence electrons. The lowest BCUT2D eigenvalue weighted by Gasteiger charge is -2.23. The zero-order chi connectivity index (χ0) is 14.3. The Morgan fingerprint density at radius 3 is 3.00 bits per heavy atom. The third kappa shape index (κ3) is 2.11. The number of nitrogens with one attached hydrogen (secondary N) is 1. The summed E-state index contributed by atoms with van der Waals surface area (Å²) in [5.41, 5.74) is 2.94. The van der Waals surface area contributed by atoms with Gasteiger partial charge in [0.2, 0.25) is 5.76 Å². The largest absolute Gasteiger partial charge is 0.436 e. The van der Waals surface area contributed by atoms with Gasteiger partial charge in [0, 0.05) is 25.2 Å². The van der Waals surface area contributed by atoms with E-state index in [0.29, 0.717) is 17.3 Å². The summed E-state index contributed by atoms with van der Waals surface area (Å²) in [4.78, 5) is 16.4. The van der Waals surface area contributed by atoms with E-state index in [1.54, 1.807) is 13.8 Å². The molecule has 0 bridgehead atoms. The monoisotopic (exact) mass is 274 g/mol. The summed E-state index contributed by atoms with van der Waals surface area (Å²) in [7, 11) is 1.94. The van der Waals surface area contributed by atoms with Crippen LogP contribution in [0.1, 0.15) is 52.3 Å². The first-order chi connectivity index (χ1) is 9.56. The van der Waals surface area contributed by atoms with Gasteiger partial charge in [-0.25, -0.2) is 4.98 Å². The zero-order valence-corrected chi connectivity index (χ0v) is 11.9. The van der Waals surface area contributed by atoms with E-state index in [1.807, 2.05) is 17.9 Å². The molecule has 2 heterocycles. The predicted molar refractivity (Wildman–Crippen MR) is 72.3 cm³/mol. The van der Waals surface area contributed by atoms with Crippen LogP contribution in [0.5, 0.6) is 0 Å². The minimum atomic E-state index is -0.204. The standard InChI is InChI=1S/C14H18N4O2/c1-8-13(20-9(2)16-8)14(19)17-11-5-4-6-12-10(11)7-15-18(12)3/h7,11H,4-6H2,1-3H3,(H,17,19)/t11-/m1/s1. The molecule has 0 fully saturated rings. The number of aryl methyl sites for hydroxylation is 3. The third-order valence-electron chi connectivity index (χ3n) is 3.79. The van der Waals surface area contributed by atoms with Gasteiger partial charge in [-0.1, -0.05) is 0 Å². The lowest BCUT2D eigenvalue weighted by atomic mass is 9.93. The molecule has 0 unspecified atom stereocenters. The molecule has 2 aromatic heterocycles. The second-order valence-corrected chi connectivity index (χ2v) is 5.24. The van der Waals surface area contributed by atoms with Crippen molar-refractivity contribution >= 4 is 5.91 Å². The van der Waals surface area contributed by atoms with Gasteiger partial charge in [0.25, 0.3) is 5.91 Å². The van der Waals surface area contributed by atoms with Crippen molar-refractivity contribution < 1.29 is 9.21 Å². The lowest BCUT2D eigenvalue weighted by molar-refractivity contribution is 0.0902. The number of amides is 1. The van der Waals surface area contributed by atoms with E-state index in [1.165, 1.54) is 5.69 Å². The maximum atomic E-state index is 12.3. The van der Waals surface area contributed by atoms with E-state index in [0.717, 1.165) is 24.8 Å². The number of carbonyl (C=O) groups excluding carboxylic acids is 1. The molecule has 1 aliphatic carbocycles. The van der Waals surface area contributed by atoms with Gasteiger partial charge >= 0.3 is 0 Å². The van der Waals surface area contributed by atoms with Gasteiger partial charge in [-0.15, -0.1) is 0 Å². The second-order valence-electron chi connectivity index (χ2n) is 5.24. The molecule has 0 saturated heterocycles. The number of aromatic nitrogens is 3. The Morgan fingerprint density at radius 2 is 2.30 bits per heavy atom. The van der Waals surface area contributed by atoms with Gasteiger partial charge in [0.15, 0.2) is 5.89 Å². The summed E-state index contributed by atoms with van der Waals surface area (Å²) < 4.78 is 7.25. The number of fused-ring (bicyclic) bond motifs is 1. The van der Waals surface area contributed by atoms with Crippen molar-refractivity contribution in [2.75, 3.05) is 0 Å². The van der Waals surface area contributed by atoms with Crippen LogP contribution in [0, 0.1) is 13.8 Å². The van der Waals surface area contributed by atoms with Crippen molar-refractivity contribution in [1.82, 2.24) is 20.1 Å². The van der Waals surface area contributed by atoms with Gasteiger partial charge in [0.05, 0.1) is 17.9 Å². The second kappa shape index (κ2) is 4.77. The summed E-state index contributed by atoms with van der Waals surface area (Å²) in [6.07, 6.45) is 4.83. The summed E-state index contributed by atoms with van der Waals surface area (Å²) in [5.74, 6) is 0.613. The number of oxazole rings is 1. The first-order valence-corrected chi connectivity index (χ1v) is 6.82. The number of carbonyl (C=O) groups is 1. The van der Waals surface area contributed by atoms with Gasteiger partial charge in [0.1, 0.15) is 0 Å². The van der Waals surface area contributed by atoms with Crippen LogP contribution in [0.25, 0.3) is 0 Å². The predicted octanol–water partition coefficient (Wildman–Crippen LogP) is 1.83. The van der Waals surface area contributed by atoms with Crippen LogP contribution in [-0.2, 0) is 13.5 Å². The third-order valence-corrected chi connectivity index (χ3v) is 3.79. The highest BCUT2D eigenvalue weighted by atomic mass is 16.4. The highest BCUT2D eigenvalue weighted by Gasteiger charge is 2.26. The van der Waals surface area contributed by atoms with Crippen LogP contribution in [0.15, 0.2) is 10.6 Å². The molecule has 2 aromatic rings. The van der Waals surface area contributed by atoms with Crippen molar-refractivity contribution in [1.29, 1.82) is 0 Å². The number of hydrogen-bond acceptors (Lipinski definition) is 4. The molecule has 0 aliphatic heterocycles. The molecule has 1 atom stereocenters. The van der Waals surface area contributed by atoms with E-state index in [9.17, 15) is 4.79 Å². The van der Waals surface area contributed by atoms with Crippen LogP contribution in [-0.4, -0.2) is 20.7 Å². The van der Waals surface area contributed by atoms with Crippen LogP contribution in [0.3, 0.4) is 0 Å². The summed E-state index contributed by atoms with van der Waals surface area (Å²) in [6, 6.07) is 0.00440. The fraction of sp³-hybridized carbons (Fsp3) is 0.500. The number of nitrogens with zero attached hydrogens (tertiary/aromatic N) is 3. The van der Waals surface area contributed by atoms with Crippen molar-refractivity contribution in [3.05, 3.63) is 34.8 Å². The molecule has 6 heteroatoms. The van der Waals surface area contributed by atoms with E-state index in [4.69, 9.17) is 4.42 Å². The quantitative estimate of drug-likeness (QED) is 0.906. The number of rotatable bonds is 2.